The second-order valence-corrected chi connectivity index (χ2v) is 10.8. The molecule has 0 bridgehead atoms. The zero-order valence-electron chi connectivity index (χ0n) is 18.5. The fourth-order valence-corrected chi connectivity index (χ4v) is 6.23. The van der Waals surface area contributed by atoms with Crippen LogP contribution in [0, 0.1) is 17.2 Å². The van der Waals surface area contributed by atoms with Crippen LogP contribution in [0.1, 0.15) is 50.1 Å². The van der Waals surface area contributed by atoms with Gasteiger partial charge in [0.15, 0.2) is 0 Å². The summed E-state index contributed by atoms with van der Waals surface area (Å²) in [5.41, 5.74) is 1.17. The third kappa shape index (κ3) is 4.92. The topological polar surface area (TPSA) is 83.2 Å². The molecule has 2 aliphatic heterocycles. The number of hydrogen-bond acceptors (Lipinski definition) is 7. The second-order valence-electron chi connectivity index (χ2n) is 9.29. The van der Waals surface area contributed by atoms with E-state index in [0.29, 0.717) is 17.2 Å². The molecule has 0 amide bonds. The van der Waals surface area contributed by atoms with Crippen molar-refractivity contribution in [2.45, 2.75) is 55.0 Å². The molecule has 0 radical (unpaired) electrons. The van der Waals surface area contributed by atoms with Gasteiger partial charge in [0, 0.05) is 30.1 Å². The summed E-state index contributed by atoms with van der Waals surface area (Å²) in [7, 11) is 0. The van der Waals surface area contributed by atoms with Crippen molar-refractivity contribution in [1.82, 2.24) is 14.1 Å². The van der Waals surface area contributed by atoms with Crippen LogP contribution in [0.25, 0.3) is 0 Å². The number of nitrogens with one attached hydrogen (secondary N) is 1. The molecule has 1 aliphatic carbocycles. The van der Waals surface area contributed by atoms with Crippen LogP contribution in [0.5, 0.6) is 0 Å². The molecule has 1 N–H and O–H groups in total. The zero-order valence-corrected chi connectivity index (χ0v) is 20.1. The average molecular weight is 486 g/mol. The number of nitrogens with zero attached hydrogens (tertiary/aromatic N) is 4. The minimum atomic E-state index is -0.212. The van der Waals surface area contributed by atoms with E-state index in [0.717, 1.165) is 69.7 Å². The fourth-order valence-electron chi connectivity index (χ4n) is 4.86. The standard InChI is InChI=1S/C24H28ClN5O2S/c25-22-21(27-14-18-2-1-11-32-16-18)15-28-30(23(22)31)19-7-10-29(24(12-19)8-9-24)33-20-5-3-17(13-26)4-6-20/h3-6,15,18-19,27H,1-2,7-12,14,16H2/t18?,19-/m1/s1. The molecule has 9 heteroatoms. The first-order chi connectivity index (χ1) is 16.1. The molecular formula is C24H28ClN5O2S. The maximum atomic E-state index is 13.1. The number of hydrogen-bond donors (Lipinski definition) is 1. The van der Waals surface area contributed by atoms with Gasteiger partial charge in [-0.15, -0.1) is 0 Å². The van der Waals surface area contributed by atoms with Gasteiger partial charge in [-0.1, -0.05) is 11.6 Å². The Balaban J connectivity index is 1.24. The highest BCUT2D eigenvalue weighted by atomic mass is 35.5. The lowest BCUT2D eigenvalue weighted by molar-refractivity contribution is 0.0595. The van der Waals surface area contributed by atoms with Crippen molar-refractivity contribution in [3.05, 3.63) is 51.4 Å². The number of rotatable bonds is 6. The van der Waals surface area contributed by atoms with Crippen molar-refractivity contribution >= 4 is 29.2 Å². The molecule has 1 aromatic carbocycles. The highest BCUT2D eigenvalue weighted by Gasteiger charge is 2.52. The predicted octanol–water partition coefficient (Wildman–Crippen LogP) is 4.48. The highest BCUT2D eigenvalue weighted by molar-refractivity contribution is 7.97. The van der Waals surface area contributed by atoms with E-state index < -0.39 is 0 Å². The first-order valence-corrected chi connectivity index (χ1v) is 12.8. The van der Waals surface area contributed by atoms with E-state index in [1.165, 1.54) is 0 Å². The zero-order chi connectivity index (χ0) is 22.8. The van der Waals surface area contributed by atoms with Gasteiger partial charge in [-0.05, 0) is 80.7 Å². The number of benzene rings is 1. The summed E-state index contributed by atoms with van der Waals surface area (Å²) in [6.45, 7) is 3.19. The lowest BCUT2D eigenvalue weighted by Gasteiger charge is -2.39. The molecule has 1 spiro atoms. The minimum absolute atomic E-state index is 0.0520. The molecule has 2 saturated heterocycles. The van der Waals surface area contributed by atoms with Gasteiger partial charge in [0.25, 0.3) is 5.56 Å². The molecule has 1 aromatic heterocycles. The SMILES string of the molecule is N#Cc1ccc(SN2CC[C@@H](n3ncc(NCC4CCCOC4)c(Cl)c3=O)CC23CC3)cc1. The number of aromatic nitrogens is 2. The van der Waals surface area contributed by atoms with Crippen molar-refractivity contribution in [2.24, 2.45) is 5.92 Å². The van der Waals surface area contributed by atoms with E-state index in [4.69, 9.17) is 21.6 Å². The van der Waals surface area contributed by atoms with E-state index in [2.05, 4.69) is 20.8 Å². The van der Waals surface area contributed by atoms with Gasteiger partial charge in [0.05, 0.1) is 36.2 Å². The molecule has 33 heavy (non-hydrogen) atoms. The largest absolute Gasteiger partial charge is 0.382 e. The second kappa shape index (κ2) is 9.67. The Labute approximate surface area is 203 Å². The molecule has 3 heterocycles. The molecule has 3 aliphatic rings. The molecular weight excluding hydrogens is 458 g/mol. The first-order valence-electron chi connectivity index (χ1n) is 11.6. The van der Waals surface area contributed by atoms with E-state index in [9.17, 15) is 4.79 Å². The maximum Gasteiger partial charge on any atom is 0.287 e. The van der Waals surface area contributed by atoms with E-state index in [1.54, 1.807) is 22.8 Å². The quantitative estimate of drug-likeness (QED) is 0.604. The van der Waals surface area contributed by atoms with Crippen molar-refractivity contribution in [2.75, 3.05) is 31.6 Å². The van der Waals surface area contributed by atoms with Crippen LogP contribution < -0.4 is 10.9 Å². The van der Waals surface area contributed by atoms with Crippen molar-refractivity contribution in [1.29, 1.82) is 5.26 Å². The van der Waals surface area contributed by atoms with Crippen LogP contribution in [-0.2, 0) is 4.74 Å². The Morgan fingerprint density at radius 2 is 2.12 bits per heavy atom. The minimum Gasteiger partial charge on any atom is -0.382 e. The van der Waals surface area contributed by atoms with Gasteiger partial charge >= 0.3 is 0 Å². The van der Waals surface area contributed by atoms with Gasteiger partial charge in [0.1, 0.15) is 5.02 Å². The average Bonchev–Trinajstić information content (AvgIpc) is 3.62. The van der Waals surface area contributed by atoms with Crippen LogP contribution in [0.4, 0.5) is 5.69 Å². The Bertz CT molecular complexity index is 1090. The summed E-state index contributed by atoms with van der Waals surface area (Å²) in [6.07, 6.45) is 7.88. The summed E-state index contributed by atoms with van der Waals surface area (Å²) in [4.78, 5) is 14.2. The summed E-state index contributed by atoms with van der Waals surface area (Å²) in [5.74, 6) is 0.435. The van der Waals surface area contributed by atoms with Crippen LogP contribution in [-0.4, -0.2) is 45.9 Å². The molecule has 2 atom stereocenters. The Hall–Kier alpha value is -2.05. The van der Waals surface area contributed by atoms with E-state index in [1.807, 2.05) is 24.3 Å². The molecule has 174 valence electrons. The van der Waals surface area contributed by atoms with Gasteiger partial charge in [-0.3, -0.25) is 4.79 Å². The number of ether oxygens (including phenoxy) is 1. The van der Waals surface area contributed by atoms with E-state index in [-0.39, 0.29) is 22.2 Å². The molecule has 1 unspecified atom stereocenters. The first kappa shape index (κ1) is 22.7. The molecule has 3 fully saturated rings. The molecule has 1 saturated carbocycles. The van der Waals surface area contributed by atoms with Gasteiger partial charge < -0.3 is 10.1 Å². The van der Waals surface area contributed by atoms with Crippen molar-refractivity contribution in [3.8, 4) is 6.07 Å². The third-order valence-electron chi connectivity index (χ3n) is 6.96. The third-order valence-corrected chi connectivity index (χ3v) is 8.60. The van der Waals surface area contributed by atoms with Crippen LogP contribution in [0.3, 0.4) is 0 Å². The number of nitriles is 1. The smallest absolute Gasteiger partial charge is 0.287 e. The lowest BCUT2D eigenvalue weighted by atomic mass is 9.97. The summed E-state index contributed by atoms with van der Waals surface area (Å²) < 4.78 is 9.59. The van der Waals surface area contributed by atoms with Crippen molar-refractivity contribution in [3.63, 3.8) is 0 Å². The predicted molar refractivity (Wildman–Crippen MR) is 129 cm³/mol. The summed E-state index contributed by atoms with van der Waals surface area (Å²) >= 11 is 8.23. The Morgan fingerprint density at radius 1 is 1.30 bits per heavy atom. The van der Waals surface area contributed by atoms with Crippen LogP contribution in [0.15, 0.2) is 40.2 Å². The molecule has 5 rings (SSSR count). The Morgan fingerprint density at radius 3 is 2.82 bits per heavy atom. The fraction of sp³-hybridized carbons (Fsp3) is 0.542. The number of anilines is 1. The van der Waals surface area contributed by atoms with Gasteiger partial charge in [-0.25, -0.2) is 8.99 Å². The molecule has 2 aromatic rings. The van der Waals surface area contributed by atoms with Gasteiger partial charge in [0.2, 0.25) is 0 Å². The van der Waals surface area contributed by atoms with Crippen molar-refractivity contribution < 1.29 is 4.74 Å². The highest BCUT2D eigenvalue weighted by Crippen LogP contribution is 2.54. The number of piperidine rings is 1. The van der Waals surface area contributed by atoms with Crippen LogP contribution in [0.2, 0.25) is 5.02 Å². The maximum absolute atomic E-state index is 13.1. The number of halogens is 1. The normalized spacial score (nSPS) is 24.4. The summed E-state index contributed by atoms with van der Waals surface area (Å²) in [6, 6.07) is 9.94. The molecule has 7 nitrogen and oxygen atoms in total. The monoisotopic (exact) mass is 485 g/mol. The summed E-state index contributed by atoms with van der Waals surface area (Å²) in [5, 5.41) is 17.1. The van der Waals surface area contributed by atoms with Gasteiger partial charge in [-0.2, -0.15) is 10.4 Å². The Kier molecular flexibility index (Phi) is 6.66. The lowest BCUT2D eigenvalue weighted by Crippen LogP contribution is -2.43. The van der Waals surface area contributed by atoms with E-state index >= 15 is 0 Å². The van der Waals surface area contributed by atoms with Crippen LogP contribution >= 0.6 is 23.5 Å².